The highest BCUT2D eigenvalue weighted by molar-refractivity contribution is 6.30. The highest BCUT2D eigenvalue weighted by atomic mass is 35.5. The molecule has 106 valence electrons. The van der Waals surface area contributed by atoms with Gasteiger partial charge in [0.2, 0.25) is 0 Å². The van der Waals surface area contributed by atoms with Crippen LogP contribution in [0.25, 0.3) is 5.65 Å². The Hall–Kier alpha value is -2.27. The van der Waals surface area contributed by atoms with Gasteiger partial charge in [-0.3, -0.25) is 9.89 Å². The summed E-state index contributed by atoms with van der Waals surface area (Å²) in [7, 11) is 0. The molecule has 0 bridgehead atoms. The normalized spacial score (nSPS) is 13.9. The molecular formula is C15H13ClN4O. The van der Waals surface area contributed by atoms with Gasteiger partial charge in [0.15, 0.2) is 5.65 Å². The summed E-state index contributed by atoms with van der Waals surface area (Å²) in [6.07, 6.45) is 2.68. The quantitative estimate of drug-likeness (QED) is 0.790. The Morgan fingerprint density at radius 3 is 3.10 bits per heavy atom. The minimum Gasteiger partial charge on any atom is -0.365 e. The van der Waals surface area contributed by atoms with Crippen LogP contribution in [0.4, 0.5) is 5.69 Å². The maximum atomic E-state index is 12.0. The average Bonchev–Trinajstić information content (AvgIpc) is 3.06. The molecule has 0 atom stereocenters. The van der Waals surface area contributed by atoms with E-state index >= 15 is 0 Å². The van der Waals surface area contributed by atoms with Crippen molar-refractivity contribution >= 4 is 22.9 Å². The van der Waals surface area contributed by atoms with E-state index in [4.69, 9.17) is 11.6 Å². The first-order chi connectivity index (χ1) is 10.2. The monoisotopic (exact) mass is 300 g/mol. The molecule has 3 heterocycles. The lowest BCUT2D eigenvalue weighted by Gasteiger charge is -2.18. The molecular weight excluding hydrogens is 288 g/mol. The smallest absolute Gasteiger partial charge is 0.272 e. The summed E-state index contributed by atoms with van der Waals surface area (Å²) in [6, 6.07) is 9.32. The molecule has 0 aliphatic carbocycles. The minimum absolute atomic E-state index is 0.0875. The molecule has 0 spiro atoms. The van der Waals surface area contributed by atoms with Crippen LogP contribution in [0.3, 0.4) is 0 Å². The van der Waals surface area contributed by atoms with Crippen molar-refractivity contribution in [1.82, 2.24) is 14.6 Å². The van der Waals surface area contributed by atoms with Crippen molar-refractivity contribution in [2.45, 2.75) is 13.0 Å². The predicted molar refractivity (Wildman–Crippen MR) is 82.0 cm³/mol. The number of hydrogen-bond donors (Lipinski definition) is 1. The Labute approximate surface area is 125 Å². The topological polar surface area (TPSA) is 53.4 Å². The van der Waals surface area contributed by atoms with Crippen LogP contribution < -0.4 is 10.5 Å². The van der Waals surface area contributed by atoms with Crippen molar-refractivity contribution in [2.75, 3.05) is 11.4 Å². The molecule has 1 N–H and O–H groups in total. The van der Waals surface area contributed by atoms with Crippen molar-refractivity contribution in [2.24, 2.45) is 0 Å². The van der Waals surface area contributed by atoms with Crippen molar-refractivity contribution in [3.05, 3.63) is 63.2 Å². The third kappa shape index (κ3) is 2.10. The van der Waals surface area contributed by atoms with Gasteiger partial charge in [0.25, 0.3) is 5.56 Å². The number of aromatic amines is 1. The maximum absolute atomic E-state index is 12.0. The highest BCUT2D eigenvalue weighted by Gasteiger charge is 2.20. The number of hydrogen-bond acceptors (Lipinski definition) is 3. The fourth-order valence-electron chi connectivity index (χ4n) is 2.86. The molecule has 1 aliphatic rings. The van der Waals surface area contributed by atoms with E-state index in [1.54, 1.807) is 18.3 Å². The number of aromatic nitrogens is 3. The predicted octanol–water partition coefficient (Wildman–Crippen LogP) is 2.24. The van der Waals surface area contributed by atoms with Crippen molar-refractivity contribution in [3.8, 4) is 0 Å². The standard InChI is InChI=1S/C15H13ClN4O/c16-11-1-2-13-10(7-11)4-6-19(13)9-12-8-15(21)20-14(18-12)3-5-17-20/h1-3,5,7-8,17H,4,6,9H2. The van der Waals surface area contributed by atoms with Gasteiger partial charge in [0.1, 0.15) is 0 Å². The summed E-state index contributed by atoms with van der Waals surface area (Å²) in [6.45, 7) is 1.55. The number of nitrogens with zero attached hydrogens (tertiary/aromatic N) is 3. The first-order valence-corrected chi connectivity index (χ1v) is 7.18. The summed E-state index contributed by atoms with van der Waals surface area (Å²) >= 11 is 6.03. The second-order valence-corrected chi connectivity index (χ2v) is 5.62. The zero-order valence-electron chi connectivity index (χ0n) is 11.2. The fraction of sp³-hybridized carbons (Fsp3) is 0.200. The molecule has 6 heteroatoms. The molecule has 3 aromatic rings. The number of anilines is 1. The van der Waals surface area contributed by atoms with Gasteiger partial charge in [-0.2, -0.15) is 0 Å². The average molecular weight is 301 g/mol. The zero-order valence-corrected chi connectivity index (χ0v) is 12.0. The number of nitrogens with one attached hydrogen (secondary N) is 1. The summed E-state index contributed by atoms with van der Waals surface area (Å²) in [4.78, 5) is 18.7. The number of fused-ring (bicyclic) bond motifs is 2. The third-order valence-electron chi connectivity index (χ3n) is 3.82. The molecule has 1 aromatic carbocycles. The van der Waals surface area contributed by atoms with E-state index in [1.807, 2.05) is 18.2 Å². The molecule has 0 radical (unpaired) electrons. The second-order valence-electron chi connectivity index (χ2n) is 5.19. The van der Waals surface area contributed by atoms with Crippen LogP contribution in [0, 0.1) is 0 Å². The summed E-state index contributed by atoms with van der Waals surface area (Å²) in [5, 5.41) is 3.61. The largest absolute Gasteiger partial charge is 0.365 e. The van der Waals surface area contributed by atoms with Crippen LogP contribution in [-0.4, -0.2) is 21.1 Å². The van der Waals surface area contributed by atoms with Crippen LogP contribution in [0.15, 0.2) is 41.3 Å². The van der Waals surface area contributed by atoms with E-state index < -0.39 is 0 Å². The molecule has 4 rings (SSSR count). The lowest BCUT2D eigenvalue weighted by molar-refractivity contribution is 0.799. The fourth-order valence-corrected chi connectivity index (χ4v) is 3.05. The molecule has 5 nitrogen and oxygen atoms in total. The van der Waals surface area contributed by atoms with Gasteiger partial charge in [-0.1, -0.05) is 11.6 Å². The zero-order chi connectivity index (χ0) is 14.4. The van der Waals surface area contributed by atoms with Gasteiger partial charge >= 0.3 is 0 Å². The van der Waals surface area contributed by atoms with Gasteiger partial charge in [0, 0.05) is 35.6 Å². The minimum atomic E-state index is -0.0875. The maximum Gasteiger partial charge on any atom is 0.272 e. The van der Waals surface area contributed by atoms with E-state index in [-0.39, 0.29) is 5.56 Å². The lowest BCUT2D eigenvalue weighted by Crippen LogP contribution is -2.23. The summed E-state index contributed by atoms with van der Waals surface area (Å²) in [5.41, 5.74) is 3.77. The molecule has 2 aromatic heterocycles. The van der Waals surface area contributed by atoms with Crippen LogP contribution in [0.2, 0.25) is 5.02 Å². The van der Waals surface area contributed by atoms with E-state index in [9.17, 15) is 4.79 Å². The molecule has 0 unspecified atom stereocenters. The van der Waals surface area contributed by atoms with Crippen LogP contribution in [0.1, 0.15) is 11.3 Å². The van der Waals surface area contributed by atoms with E-state index in [0.717, 1.165) is 23.7 Å². The van der Waals surface area contributed by atoms with E-state index in [2.05, 4.69) is 15.0 Å². The number of halogens is 1. The number of H-pyrrole nitrogens is 1. The lowest BCUT2D eigenvalue weighted by atomic mass is 10.2. The van der Waals surface area contributed by atoms with Crippen LogP contribution in [-0.2, 0) is 13.0 Å². The Morgan fingerprint density at radius 2 is 2.19 bits per heavy atom. The van der Waals surface area contributed by atoms with Crippen molar-refractivity contribution in [3.63, 3.8) is 0 Å². The van der Waals surface area contributed by atoms with Crippen LogP contribution in [0.5, 0.6) is 0 Å². The second kappa shape index (κ2) is 4.63. The third-order valence-corrected chi connectivity index (χ3v) is 4.06. The van der Waals surface area contributed by atoms with E-state index in [1.165, 1.54) is 15.8 Å². The van der Waals surface area contributed by atoms with Crippen molar-refractivity contribution in [1.29, 1.82) is 0 Å². The van der Waals surface area contributed by atoms with Crippen LogP contribution >= 0.6 is 11.6 Å². The molecule has 0 saturated heterocycles. The van der Waals surface area contributed by atoms with Gasteiger partial charge in [-0.05, 0) is 30.2 Å². The Kier molecular flexibility index (Phi) is 2.75. The molecule has 0 fully saturated rings. The van der Waals surface area contributed by atoms with E-state index in [0.29, 0.717) is 12.2 Å². The Balaban J connectivity index is 1.69. The van der Waals surface area contributed by atoms with Gasteiger partial charge in [-0.15, -0.1) is 0 Å². The summed E-state index contributed by atoms with van der Waals surface area (Å²) in [5.74, 6) is 0. The van der Waals surface area contributed by atoms with Gasteiger partial charge < -0.3 is 4.90 Å². The molecule has 21 heavy (non-hydrogen) atoms. The first kappa shape index (κ1) is 12.5. The van der Waals surface area contributed by atoms with Gasteiger partial charge in [-0.25, -0.2) is 9.50 Å². The molecule has 1 aliphatic heterocycles. The molecule has 0 amide bonds. The first-order valence-electron chi connectivity index (χ1n) is 6.80. The summed E-state index contributed by atoms with van der Waals surface area (Å²) < 4.78 is 1.43. The number of benzene rings is 1. The molecule has 0 saturated carbocycles. The van der Waals surface area contributed by atoms with Gasteiger partial charge in [0.05, 0.1) is 12.2 Å². The SMILES string of the molecule is O=c1cc(CN2CCc3cc(Cl)ccc32)nc2cc[nH]n12. The Morgan fingerprint density at radius 1 is 1.29 bits per heavy atom. The number of rotatable bonds is 2. The highest BCUT2D eigenvalue weighted by Crippen LogP contribution is 2.31. The Bertz CT molecular complexity index is 883. The van der Waals surface area contributed by atoms with Crippen molar-refractivity contribution < 1.29 is 0 Å².